The van der Waals surface area contributed by atoms with Crippen molar-refractivity contribution in [3.05, 3.63) is 67.4 Å². The monoisotopic (exact) mass is 411 g/mol. The summed E-state index contributed by atoms with van der Waals surface area (Å²) in [6.07, 6.45) is 7.28. The molecule has 154 valence electrons. The summed E-state index contributed by atoms with van der Waals surface area (Å²) in [5, 5.41) is 12.9. The van der Waals surface area contributed by atoms with Crippen molar-refractivity contribution in [2.24, 2.45) is 7.05 Å². The number of benzene rings is 2. The Morgan fingerprint density at radius 3 is 2.71 bits per heavy atom. The number of β-amino-alcohol motifs (C(OH)–C–C–N with tert-alkyl or cyclic N) is 1. The molecule has 1 aliphatic heterocycles. The van der Waals surface area contributed by atoms with Crippen LogP contribution in [-0.2, 0) is 7.05 Å². The predicted octanol–water partition coefficient (Wildman–Crippen LogP) is 3.21. The average molecular weight is 411 g/mol. The molecule has 0 saturated carbocycles. The highest BCUT2D eigenvalue weighted by Gasteiger charge is 2.24. The molecule has 0 aliphatic carbocycles. The third kappa shape index (κ3) is 3.08. The van der Waals surface area contributed by atoms with Crippen LogP contribution < -0.4 is 10.2 Å². The van der Waals surface area contributed by atoms with Gasteiger partial charge in [-0.2, -0.15) is 0 Å². The Morgan fingerprint density at radius 1 is 1.06 bits per heavy atom. The third-order valence-corrected chi connectivity index (χ3v) is 5.75. The lowest BCUT2D eigenvalue weighted by Crippen LogP contribution is -2.50. The second kappa shape index (κ2) is 6.82. The fraction of sp³-hybridized carbons (Fsp3) is 0.174. The maximum absolute atomic E-state index is 9.51. The van der Waals surface area contributed by atoms with E-state index in [4.69, 9.17) is 4.98 Å². The molecule has 0 spiro atoms. The second-order valence-electron chi connectivity index (χ2n) is 7.92. The minimum Gasteiger partial charge on any atom is -0.389 e. The highest BCUT2D eigenvalue weighted by Crippen LogP contribution is 2.28. The van der Waals surface area contributed by atoms with Crippen LogP contribution >= 0.6 is 0 Å². The van der Waals surface area contributed by atoms with Crippen LogP contribution in [0, 0.1) is 0 Å². The molecule has 0 bridgehead atoms. The van der Waals surface area contributed by atoms with Crippen LogP contribution in [0.5, 0.6) is 0 Å². The van der Waals surface area contributed by atoms with Crippen molar-refractivity contribution in [2.75, 3.05) is 23.3 Å². The van der Waals surface area contributed by atoms with Crippen molar-refractivity contribution in [3.63, 3.8) is 0 Å². The first-order valence-electron chi connectivity index (χ1n) is 10.2. The van der Waals surface area contributed by atoms with Gasteiger partial charge in [0.25, 0.3) is 0 Å². The minimum atomic E-state index is -0.218. The van der Waals surface area contributed by atoms with E-state index in [1.54, 1.807) is 6.20 Å². The van der Waals surface area contributed by atoms with Gasteiger partial charge < -0.3 is 24.3 Å². The molecule has 4 heterocycles. The molecule has 6 rings (SSSR count). The first kappa shape index (κ1) is 17.9. The first-order chi connectivity index (χ1) is 15.1. The molecule has 2 N–H and O–H groups in total. The van der Waals surface area contributed by atoms with E-state index in [0.29, 0.717) is 18.9 Å². The molecule has 0 amide bonds. The summed E-state index contributed by atoms with van der Waals surface area (Å²) >= 11 is 0. The number of anilines is 3. The van der Waals surface area contributed by atoms with Gasteiger partial charge in [0.1, 0.15) is 0 Å². The van der Waals surface area contributed by atoms with E-state index in [1.165, 1.54) is 0 Å². The smallest absolute Gasteiger partial charge is 0.180 e. The quantitative estimate of drug-likeness (QED) is 0.473. The molecule has 0 radical (unpaired) electrons. The summed E-state index contributed by atoms with van der Waals surface area (Å²) in [6, 6.07) is 14.3. The van der Waals surface area contributed by atoms with Gasteiger partial charge in [-0.25, -0.2) is 15.0 Å². The maximum Gasteiger partial charge on any atom is 0.180 e. The second-order valence-corrected chi connectivity index (χ2v) is 7.92. The zero-order valence-corrected chi connectivity index (χ0v) is 17.0. The summed E-state index contributed by atoms with van der Waals surface area (Å²) in [6.45, 7) is 1.37. The molecule has 8 heteroatoms. The summed E-state index contributed by atoms with van der Waals surface area (Å²) in [5.41, 5.74) is 6.69. The number of hydrogen-bond acceptors (Lipinski definition) is 6. The van der Waals surface area contributed by atoms with Gasteiger partial charge in [0.05, 0.1) is 29.2 Å². The number of rotatable bonds is 4. The molecular weight excluding hydrogens is 390 g/mol. The van der Waals surface area contributed by atoms with Crippen LogP contribution in [0.3, 0.4) is 0 Å². The minimum absolute atomic E-state index is 0.218. The van der Waals surface area contributed by atoms with Crippen molar-refractivity contribution in [3.8, 4) is 11.3 Å². The predicted molar refractivity (Wildman–Crippen MR) is 121 cm³/mol. The van der Waals surface area contributed by atoms with Gasteiger partial charge in [0.15, 0.2) is 11.5 Å². The molecule has 3 aromatic heterocycles. The summed E-state index contributed by atoms with van der Waals surface area (Å²) in [4.78, 5) is 15.9. The molecule has 8 nitrogen and oxygen atoms in total. The largest absolute Gasteiger partial charge is 0.389 e. The van der Waals surface area contributed by atoms with Gasteiger partial charge in [-0.05, 0) is 36.4 Å². The summed E-state index contributed by atoms with van der Waals surface area (Å²) in [7, 11) is 1.99. The molecular formula is C23H21N7O. The van der Waals surface area contributed by atoms with E-state index in [0.717, 1.165) is 39.3 Å². The first-order valence-corrected chi connectivity index (χ1v) is 10.2. The van der Waals surface area contributed by atoms with E-state index in [9.17, 15) is 5.11 Å². The van der Waals surface area contributed by atoms with Gasteiger partial charge in [0.2, 0.25) is 0 Å². The van der Waals surface area contributed by atoms with Gasteiger partial charge in [0, 0.05) is 55.7 Å². The van der Waals surface area contributed by atoms with E-state index >= 15 is 0 Å². The molecule has 31 heavy (non-hydrogen) atoms. The van der Waals surface area contributed by atoms with Crippen LogP contribution in [0.15, 0.2) is 67.4 Å². The lowest BCUT2D eigenvalue weighted by Gasteiger charge is -2.37. The van der Waals surface area contributed by atoms with Crippen LogP contribution in [0.25, 0.3) is 27.9 Å². The number of hydrogen-bond donors (Lipinski definition) is 2. The van der Waals surface area contributed by atoms with Crippen molar-refractivity contribution in [1.82, 2.24) is 23.9 Å². The molecule has 0 unspecified atom stereocenters. The van der Waals surface area contributed by atoms with Crippen molar-refractivity contribution >= 4 is 33.9 Å². The molecule has 5 aromatic rings. The number of imidazole rings is 2. The van der Waals surface area contributed by atoms with E-state index in [1.807, 2.05) is 59.0 Å². The van der Waals surface area contributed by atoms with Gasteiger partial charge in [-0.1, -0.05) is 6.07 Å². The van der Waals surface area contributed by atoms with Gasteiger partial charge in [-0.15, -0.1) is 0 Å². The van der Waals surface area contributed by atoms with Gasteiger partial charge >= 0.3 is 0 Å². The maximum atomic E-state index is 9.51. The molecule has 2 aromatic carbocycles. The topological polar surface area (TPSA) is 83.5 Å². The van der Waals surface area contributed by atoms with Crippen molar-refractivity contribution in [1.29, 1.82) is 0 Å². The summed E-state index contributed by atoms with van der Waals surface area (Å²) in [5.74, 6) is 0.694. The number of aromatic nitrogens is 5. The Kier molecular flexibility index (Phi) is 3.94. The molecule has 1 fully saturated rings. The highest BCUT2D eigenvalue weighted by atomic mass is 16.3. The fourth-order valence-electron chi connectivity index (χ4n) is 4.00. The Balaban J connectivity index is 1.36. The van der Waals surface area contributed by atoms with Crippen LogP contribution in [0.4, 0.5) is 17.2 Å². The average Bonchev–Trinajstić information content (AvgIpc) is 3.39. The highest BCUT2D eigenvalue weighted by molar-refractivity contribution is 5.82. The van der Waals surface area contributed by atoms with E-state index in [-0.39, 0.29) is 6.10 Å². The zero-order valence-electron chi connectivity index (χ0n) is 17.0. The Morgan fingerprint density at radius 2 is 1.90 bits per heavy atom. The Hall–Kier alpha value is -3.91. The van der Waals surface area contributed by atoms with Gasteiger partial charge in [-0.3, -0.25) is 0 Å². The van der Waals surface area contributed by atoms with Crippen LogP contribution in [-0.4, -0.2) is 48.2 Å². The number of fused-ring (bicyclic) bond motifs is 2. The van der Waals surface area contributed by atoms with Crippen LogP contribution in [0.1, 0.15) is 0 Å². The Labute approximate surface area is 178 Å². The van der Waals surface area contributed by atoms with E-state index < -0.39 is 0 Å². The normalized spacial score (nSPS) is 14.3. The van der Waals surface area contributed by atoms with E-state index in [2.05, 4.69) is 38.4 Å². The summed E-state index contributed by atoms with van der Waals surface area (Å²) < 4.78 is 3.99. The Bertz CT molecular complexity index is 1400. The standard InChI is InChI=1S/C23H21N7O/c1-28-14-25-19-7-2-15(10-21(19)28)20-13-29-9-8-24-23(29)22(27-20)26-16-3-5-17(6-4-16)30-11-18(31)12-30/h2-10,13-14,18,31H,11-12H2,1H3,(H,26,27). The van der Waals surface area contributed by atoms with Crippen LogP contribution in [0.2, 0.25) is 0 Å². The van der Waals surface area contributed by atoms with Crippen molar-refractivity contribution < 1.29 is 5.11 Å². The number of nitrogens with zero attached hydrogens (tertiary/aromatic N) is 6. The lowest BCUT2D eigenvalue weighted by molar-refractivity contribution is 0.142. The lowest BCUT2D eigenvalue weighted by atomic mass is 10.1. The zero-order chi connectivity index (χ0) is 20.9. The molecule has 1 aliphatic rings. The third-order valence-electron chi connectivity index (χ3n) is 5.75. The van der Waals surface area contributed by atoms with Crippen molar-refractivity contribution in [2.45, 2.75) is 6.10 Å². The molecule has 0 atom stereocenters. The SMILES string of the molecule is Cn1cnc2ccc(-c3cn4ccnc4c(Nc4ccc(N5CC(O)C5)cc4)n3)cc21. The number of nitrogens with one attached hydrogen (secondary N) is 1. The fourth-order valence-corrected chi connectivity index (χ4v) is 4.00. The number of aryl methyl sites for hydroxylation is 1. The molecule has 1 saturated heterocycles. The number of aliphatic hydroxyl groups is 1. The number of aliphatic hydroxyl groups excluding tert-OH is 1.